The molecular formula is C6H17ClN2O. The van der Waals surface area contributed by atoms with E-state index in [4.69, 9.17) is 16.9 Å². The number of halogens is 1. The molecule has 64 valence electrons. The van der Waals surface area contributed by atoms with Crippen LogP contribution in [-0.2, 0) is 0 Å². The van der Waals surface area contributed by atoms with Crippen LogP contribution in [0.4, 0.5) is 0 Å². The zero-order valence-corrected chi connectivity index (χ0v) is 7.81. The molecule has 0 aromatic carbocycles. The number of nitrogens with one attached hydrogen (secondary N) is 1. The van der Waals surface area contributed by atoms with Crippen molar-refractivity contribution in [3.63, 3.8) is 0 Å². The first-order valence-electron chi connectivity index (χ1n) is 3.13. The Morgan fingerprint density at radius 3 is 1.80 bits per heavy atom. The Kier molecular flexibility index (Phi) is 11.7. The molecule has 3 nitrogen and oxygen atoms in total. The van der Waals surface area contributed by atoms with Crippen molar-refractivity contribution in [1.82, 2.24) is 9.74 Å². The predicted octanol–water partition coefficient (Wildman–Crippen LogP) is 0.288. The van der Waals surface area contributed by atoms with Crippen LogP contribution in [0.15, 0.2) is 0 Å². The van der Waals surface area contributed by atoms with E-state index in [1.54, 1.807) is 6.92 Å². The van der Waals surface area contributed by atoms with Crippen LogP contribution in [0, 0.1) is 0 Å². The van der Waals surface area contributed by atoms with E-state index in [9.17, 15) is 0 Å². The summed E-state index contributed by atoms with van der Waals surface area (Å²) in [5, 5.41) is 8.41. The molecule has 0 fully saturated rings. The number of aliphatic hydroxyl groups excluding tert-OH is 1. The Labute approximate surface area is 68.1 Å². The molecule has 0 aliphatic heterocycles. The van der Waals surface area contributed by atoms with Crippen LogP contribution in [0.3, 0.4) is 0 Å². The third-order valence-electron chi connectivity index (χ3n) is 0.373. The zero-order valence-electron chi connectivity index (χ0n) is 7.06. The average molecular weight is 169 g/mol. The maximum atomic E-state index is 8.41. The van der Waals surface area contributed by atoms with Crippen molar-refractivity contribution in [3.8, 4) is 0 Å². The zero-order chi connectivity index (χ0) is 8.57. The molecule has 0 saturated carbocycles. The second-order valence-electron chi connectivity index (χ2n) is 2.53. The lowest BCUT2D eigenvalue weighted by Crippen LogP contribution is -2.15. The fourth-order valence-corrected chi connectivity index (χ4v) is 0.335. The predicted molar refractivity (Wildman–Crippen MR) is 45.1 cm³/mol. The molecule has 1 atom stereocenters. The largest absolute Gasteiger partial charge is 0.392 e. The summed E-state index contributed by atoms with van der Waals surface area (Å²) in [5.41, 5.74) is 0. The van der Waals surface area contributed by atoms with E-state index < -0.39 is 0 Å². The molecule has 1 unspecified atom stereocenters. The van der Waals surface area contributed by atoms with Crippen molar-refractivity contribution in [1.29, 1.82) is 0 Å². The molecule has 0 aliphatic rings. The van der Waals surface area contributed by atoms with Crippen molar-refractivity contribution in [2.45, 2.75) is 13.0 Å². The lowest BCUT2D eigenvalue weighted by molar-refractivity contribution is 0.199. The van der Waals surface area contributed by atoms with Crippen LogP contribution in [0.1, 0.15) is 6.92 Å². The van der Waals surface area contributed by atoms with E-state index in [0.29, 0.717) is 6.54 Å². The maximum absolute atomic E-state index is 8.41. The van der Waals surface area contributed by atoms with E-state index in [2.05, 4.69) is 4.84 Å². The highest BCUT2D eigenvalue weighted by Crippen LogP contribution is 1.73. The van der Waals surface area contributed by atoms with Gasteiger partial charge in [-0.3, -0.25) is 0 Å². The van der Waals surface area contributed by atoms with Crippen molar-refractivity contribution in [2.24, 2.45) is 0 Å². The van der Waals surface area contributed by atoms with Gasteiger partial charge >= 0.3 is 0 Å². The summed E-state index contributed by atoms with van der Waals surface area (Å²) in [7, 11) is 6.00. The third-order valence-corrected chi connectivity index (χ3v) is 0.527. The fraction of sp³-hybridized carbons (Fsp3) is 1.00. The molecule has 2 N–H and O–H groups in total. The van der Waals surface area contributed by atoms with Gasteiger partial charge in [0.05, 0.1) is 6.10 Å². The normalized spacial score (nSPS) is 12.3. The number of rotatable bonds is 2. The van der Waals surface area contributed by atoms with Crippen LogP contribution < -0.4 is 4.84 Å². The Morgan fingerprint density at radius 2 is 1.80 bits per heavy atom. The van der Waals surface area contributed by atoms with Gasteiger partial charge in [0.2, 0.25) is 0 Å². The number of hydrogen-bond donors (Lipinski definition) is 2. The van der Waals surface area contributed by atoms with Gasteiger partial charge in [0, 0.05) is 6.54 Å². The molecule has 0 spiro atoms. The minimum atomic E-state index is -0.345. The Bertz CT molecular complexity index is 57.0. The minimum Gasteiger partial charge on any atom is -0.392 e. The second-order valence-corrected chi connectivity index (χ2v) is 2.80. The van der Waals surface area contributed by atoms with E-state index in [-0.39, 0.29) is 6.10 Å². The Morgan fingerprint density at radius 1 is 1.50 bits per heavy atom. The van der Waals surface area contributed by atoms with Crippen molar-refractivity contribution >= 4 is 11.8 Å². The molecule has 0 saturated heterocycles. The molecule has 4 heteroatoms. The van der Waals surface area contributed by atoms with Gasteiger partial charge in [0.25, 0.3) is 0 Å². The lowest BCUT2D eigenvalue weighted by Gasteiger charge is -1.95. The van der Waals surface area contributed by atoms with E-state index in [1.165, 1.54) is 0 Å². The van der Waals surface area contributed by atoms with Gasteiger partial charge in [0.15, 0.2) is 0 Å². The molecule has 0 heterocycles. The number of nitrogens with zero attached hydrogens (tertiary/aromatic N) is 1. The molecule has 0 bridgehead atoms. The topological polar surface area (TPSA) is 35.5 Å². The van der Waals surface area contributed by atoms with Crippen molar-refractivity contribution in [3.05, 3.63) is 0 Å². The summed E-state index contributed by atoms with van der Waals surface area (Å²) in [5.74, 6) is 0. The van der Waals surface area contributed by atoms with Crippen molar-refractivity contribution < 1.29 is 5.11 Å². The standard InChI is InChI=1S/C3H8ClNO.C3H9N/c1-3(6)2-5-4;1-4(2)3/h3,5-6H,2H2,1H3;1-3H3. The van der Waals surface area contributed by atoms with E-state index >= 15 is 0 Å². The lowest BCUT2D eigenvalue weighted by atomic mass is 10.4. The Balaban J connectivity index is 0. The molecule has 0 amide bonds. The van der Waals surface area contributed by atoms with Gasteiger partial charge < -0.3 is 10.0 Å². The van der Waals surface area contributed by atoms with Gasteiger partial charge in [0.1, 0.15) is 0 Å². The Hall–Kier alpha value is 0.170. The summed E-state index contributed by atoms with van der Waals surface area (Å²) in [4.78, 5) is 4.29. The van der Waals surface area contributed by atoms with Crippen LogP contribution >= 0.6 is 11.8 Å². The van der Waals surface area contributed by atoms with Crippen molar-refractivity contribution in [2.75, 3.05) is 27.7 Å². The minimum absolute atomic E-state index is 0.345. The highest BCUT2D eigenvalue weighted by atomic mass is 35.5. The fourth-order valence-electron chi connectivity index (χ4n) is 0.112. The van der Waals surface area contributed by atoms with Gasteiger partial charge in [-0.15, -0.1) is 0 Å². The molecule has 0 aliphatic carbocycles. The summed E-state index contributed by atoms with van der Waals surface area (Å²) >= 11 is 4.99. The molecule has 0 rings (SSSR count). The molecule has 0 aromatic rings. The third kappa shape index (κ3) is 41.8. The highest BCUT2D eigenvalue weighted by Gasteiger charge is 1.87. The first kappa shape index (κ1) is 12.8. The quantitative estimate of drug-likeness (QED) is 0.582. The monoisotopic (exact) mass is 168 g/mol. The first-order chi connectivity index (χ1) is 4.50. The van der Waals surface area contributed by atoms with E-state index in [1.807, 2.05) is 26.0 Å². The van der Waals surface area contributed by atoms with E-state index in [0.717, 1.165) is 0 Å². The number of aliphatic hydroxyl groups is 1. The SMILES string of the molecule is CC(O)CNCl.CN(C)C. The summed E-state index contributed by atoms with van der Waals surface area (Å²) in [6.07, 6.45) is -0.345. The van der Waals surface area contributed by atoms with Crippen LogP contribution in [0.2, 0.25) is 0 Å². The smallest absolute Gasteiger partial charge is 0.0649 e. The van der Waals surface area contributed by atoms with Gasteiger partial charge in [-0.25, -0.2) is 4.84 Å². The average Bonchev–Trinajstić information content (AvgIpc) is 1.62. The second kappa shape index (κ2) is 9.17. The van der Waals surface area contributed by atoms with Crippen LogP contribution in [-0.4, -0.2) is 43.8 Å². The molecular weight excluding hydrogens is 152 g/mol. The number of hydrogen-bond acceptors (Lipinski definition) is 3. The summed E-state index contributed by atoms with van der Waals surface area (Å²) in [6.45, 7) is 2.11. The maximum Gasteiger partial charge on any atom is 0.0649 e. The van der Waals surface area contributed by atoms with Gasteiger partial charge in [-0.2, -0.15) is 0 Å². The van der Waals surface area contributed by atoms with Crippen LogP contribution in [0.25, 0.3) is 0 Å². The summed E-state index contributed by atoms with van der Waals surface area (Å²) in [6, 6.07) is 0. The molecule has 0 radical (unpaired) electrons. The molecule has 10 heavy (non-hydrogen) atoms. The first-order valence-corrected chi connectivity index (χ1v) is 3.51. The van der Waals surface area contributed by atoms with Gasteiger partial charge in [-0.05, 0) is 39.8 Å². The highest BCUT2D eigenvalue weighted by molar-refractivity contribution is 6.13. The van der Waals surface area contributed by atoms with Gasteiger partial charge in [-0.1, -0.05) is 0 Å². The molecule has 0 aromatic heterocycles. The summed E-state index contributed by atoms with van der Waals surface area (Å²) < 4.78 is 0. The van der Waals surface area contributed by atoms with Crippen LogP contribution in [0.5, 0.6) is 0 Å².